The zero-order valence-corrected chi connectivity index (χ0v) is 7.05. The molecule has 0 aromatic heterocycles. The fourth-order valence-corrected chi connectivity index (χ4v) is 0.684. The summed E-state index contributed by atoms with van der Waals surface area (Å²) >= 11 is 0. The van der Waals surface area contributed by atoms with E-state index in [0.29, 0.717) is 12.6 Å². The average molecular weight is 155 g/mol. The Labute approximate surface area is 66.7 Å². The fourth-order valence-electron chi connectivity index (χ4n) is 0.684. The van der Waals surface area contributed by atoms with Crippen LogP contribution in [0, 0.1) is 11.5 Å². The number of guanidine groups is 1. The second-order valence-electron chi connectivity index (χ2n) is 1.99. The molecule has 0 rings (SSSR count). The van der Waals surface area contributed by atoms with Crippen LogP contribution >= 0.6 is 0 Å². The summed E-state index contributed by atoms with van der Waals surface area (Å²) in [4.78, 5) is 5.66. The lowest BCUT2D eigenvalue weighted by Gasteiger charge is -2.18. The van der Waals surface area contributed by atoms with E-state index in [4.69, 9.17) is 5.26 Å². The second kappa shape index (κ2) is 5.50. The number of hydrogen-bond donors (Lipinski definition) is 2. The fraction of sp³-hybridized carbons (Fsp3) is 0.667. The smallest absolute Gasteiger partial charge is 0.207 e. The van der Waals surface area contributed by atoms with E-state index in [1.54, 1.807) is 11.9 Å². The Balaban J connectivity index is 3.95. The molecule has 0 saturated carbocycles. The van der Waals surface area contributed by atoms with Crippen molar-refractivity contribution >= 4 is 5.96 Å². The highest BCUT2D eigenvalue weighted by molar-refractivity contribution is 5.80. The Bertz CT molecular complexity index is 168. The van der Waals surface area contributed by atoms with Crippen molar-refractivity contribution in [2.24, 2.45) is 4.99 Å². The van der Waals surface area contributed by atoms with Crippen LogP contribution in [-0.2, 0) is 0 Å². The predicted molar refractivity (Wildman–Crippen MR) is 43.8 cm³/mol. The van der Waals surface area contributed by atoms with Crippen LogP contribution < -0.4 is 10.6 Å². The Morgan fingerprint density at radius 1 is 1.73 bits per heavy atom. The van der Waals surface area contributed by atoms with Crippen LogP contribution in [0.25, 0.3) is 0 Å². The largest absolute Gasteiger partial charge is 0.332 e. The van der Waals surface area contributed by atoms with E-state index < -0.39 is 0 Å². The van der Waals surface area contributed by atoms with Crippen LogP contribution in [-0.4, -0.2) is 38.7 Å². The molecule has 0 aromatic carbocycles. The van der Waals surface area contributed by atoms with Gasteiger partial charge >= 0.3 is 0 Å². The molecule has 0 aromatic rings. The summed E-state index contributed by atoms with van der Waals surface area (Å²) in [6, 6.07) is 0. The molecule has 2 N–H and O–H groups in total. The van der Waals surface area contributed by atoms with Crippen LogP contribution in [0.3, 0.4) is 0 Å². The van der Waals surface area contributed by atoms with E-state index in [0.717, 1.165) is 0 Å². The Morgan fingerprint density at radius 3 is 2.73 bits per heavy atom. The first-order valence-corrected chi connectivity index (χ1v) is 3.24. The lowest BCUT2D eigenvalue weighted by molar-refractivity contribution is 0.459. The molecule has 0 heterocycles. The van der Waals surface area contributed by atoms with Crippen molar-refractivity contribution in [1.29, 1.82) is 5.26 Å². The maximum absolute atomic E-state index is 8.30. The molecule has 0 spiro atoms. The standard InChI is InChI=1S/C6H13N5/c1-8-5-11(3)6(9-2)10-4-7/h8H,5H2,1-3H3,(H,9,10). The molecule has 0 aliphatic heterocycles. The molecule has 0 saturated heterocycles. The highest BCUT2D eigenvalue weighted by Crippen LogP contribution is 1.79. The van der Waals surface area contributed by atoms with Gasteiger partial charge < -0.3 is 10.2 Å². The van der Waals surface area contributed by atoms with Crippen molar-refractivity contribution in [3.8, 4) is 6.19 Å². The molecule has 0 amide bonds. The van der Waals surface area contributed by atoms with Gasteiger partial charge in [0.1, 0.15) is 0 Å². The summed E-state index contributed by atoms with van der Waals surface area (Å²) in [5.74, 6) is 0.557. The summed E-state index contributed by atoms with van der Waals surface area (Å²) in [5, 5.41) is 13.7. The third-order valence-electron chi connectivity index (χ3n) is 1.14. The Hall–Kier alpha value is -1.28. The SMILES string of the molecule is CN=C(NC#N)N(C)CNC. The van der Waals surface area contributed by atoms with Gasteiger partial charge in [-0.15, -0.1) is 0 Å². The first-order valence-electron chi connectivity index (χ1n) is 3.24. The van der Waals surface area contributed by atoms with Gasteiger partial charge in [0, 0.05) is 14.1 Å². The van der Waals surface area contributed by atoms with Crippen molar-refractivity contribution < 1.29 is 0 Å². The van der Waals surface area contributed by atoms with Gasteiger partial charge in [-0.3, -0.25) is 10.3 Å². The van der Waals surface area contributed by atoms with Gasteiger partial charge in [-0.25, -0.2) is 0 Å². The summed E-state index contributed by atoms with van der Waals surface area (Å²) in [6.07, 6.45) is 1.81. The highest BCUT2D eigenvalue weighted by Gasteiger charge is 2.01. The quantitative estimate of drug-likeness (QED) is 0.179. The minimum atomic E-state index is 0.557. The number of nitrogens with one attached hydrogen (secondary N) is 2. The Kier molecular flexibility index (Phi) is 4.86. The molecular formula is C6H13N5. The van der Waals surface area contributed by atoms with Crippen LogP contribution in [0.1, 0.15) is 0 Å². The maximum atomic E-state index is 8.30. The maximum Gasteiger partial charge on any atom is 0.207 e. The number of nitriles is 1. The van der Waals surface area contributed by atoms with E-state index in [1.807, 2.05) is 20.3 Å². The topological polar surface area (TPSA) is 63.5 Å². The van der Waals surface area contributed by atoms with Crippen molar-refractivity contribution in [2.45, 2.75) is 0 Å². The lowest BCUT2D eigenvalue weighted by Crippen LogP contribution is -2.40. The average Bonchev–Trinajstić information content (AvgIpc) is 2.00. The zero-order chi connectivity index (χ0) is 8.69. The number of aliphatic imine (C=N–C) groups is 1. The van der Waals surface area contributed by atoms with Gasteiger partial charge in [0.25, 0.3) is 0 Å². The van der Waals surface area contributed by atoms with Gasteiger partial charge in [0.15, 0.2) is 6.19 Å². The summed E-state index contributed by atoms with van der Waals surface area (Å²) < 4.78 is 0. The number of nitrogens with zero attached hydrogens (tertiary/aromatic N) is 3. The predicted octanol–water partition coefficient (Wildman–Crippen LogP) is -0.848. The summed E-state index contributed by atoms with van der Waals surface area (Å²) in [7, 11) is 5.30. The summed E-state index contributed by atoms with van der Waals surface area (Å²) in [6.45, 7) is 0.654. The molecule has 0 bridgehead atoms. The van der Waals surface area contributed by atoms with Crippen LogP contribution in [0.5, 0.6) is 0 Å². The number of hydrogen-bond acceptors (Lipinski definition) is 3. The molecule has 0 atom stereocenters. The van der Waals surface area contributed by atoms with Gasteiger partial charge in [-0.2, -0.15) is 5.26 Å². The van der Waals surface area contributed by atoms with Gasteiger partial charge in [0.2, 0.25) is 5.96 Å². The third kappa shape index (κ3) is 3.43. The minimum Gasteiger partial charge on any atom is -0.332 e. The third-order valence-corrected chi connectivity index (χ3v) is 1.14. The molecule has 5 nitrogen and oxygen atoms in total. The lowest BCUT2D eigenvalue weighted by atomic mass is 10.7. The van der Waals surface area contributed by atoms with Gasteiger partial charge in [-0.05, 0) is 7.05 Å². The van der Waals surface area contributed by atoms with Gasteiger partial charge in [-0.1, -0.05) is 0 Å². The van der Waals surface area contributed by atoms with Crippen LogP contribution in [0.4, 0.5) is 0 Å². The number of rotatable bonds is 2. The van der Waals surface area contributed by atoms with E-state index in [9.17, 15) is 0 Å². The first kappa shape index (κ1) is 9.72. The molecular weight excluding hydrogens is 142 g/mol. The molecule has 0 aliphatic rings. The molecule has 0 radical (unpaired) electrons. The molecule has 62 valence electrons. The second-order valence-corrected chi connectivity index (χ2v) is 1.99. The Morgan fingerprint density at radius 2 is 2.36 bits per heavy atom. The van der Waals surface area contributed by atoms with Crippen molar-refractivity contribution in [3.63, 3.8) is 0 Å². The van der Waals surface area contributed by atoms with Crippen molar-refractivity contribution in [1.82, 2.24) is 15.5 Å². The first-order chi connectivity index (χ1) is 5.26. The van der Waals surface area contributed by atoms with E-state index in [2.05, 4.69) is 15.6 Å². The van der Waals surface area contributed by atoms with E-state index in [1.165, 1.54) is 0 Å². The molecule has 5 heteroatoms. The van der Waals surface area contributed by atoms with E-state index >= 15 is 0 Å². The minimum absolute atomic E-state index is 0.557. The van der Waals surface area contributed by atoms with Crippen molar-refractivity contribution in [3.05, 3.63) is 0 Å². The van der Waals surface area contributed by atoms with Gasteiger partial charge in [0.05, 0.1) is 6.67 Å². The molecule has 0 unspecified atom stereocenters. The van der Waals surface area contributed by atoms with Crippen LogP contribution in [0.2, 0.25) is 0 Å². The van der Waals surface area contributed by atoms with E-state index in [-0.39, 0.29) is 0 Å². The molecule has 0 aliphatic carbocycles. The zero-order valence-electron chi connectivity index (χ0n) is 7.05. The highest BCUT2D eigenvalue weighted by atomic mass is 15.3. The normalized spacial score (nSPS) is 10.5. The molecule has 11 heavy (non-hydrogen) atoms. The molecule has 0 fully saturated rings. The van der Waals surface area contributed by atoms with Crippen LogP contribution in [0.15, 0.2) is 4.99 Å². The van der Waals surface area contributed by atoms with Crippen molar-refractivity contribution in [2.75, 3.05) is 27.8 Å². The monoisotopic (exact) mass is 155 g/mol. The summed E-state index contributed by atoms with van der Waals surface area (Å²) in [5.41, 5.74) is 0.